The van der Waals surface area contributed by atoms with E-state index in [4.69, 9.17) is 11.6 Å². The second-order valence-electron chi connectivity index (χ2n) is 4.72. The maximum atomic E-state index is 12.4. The summed E-state index contributed by atoms with van der Waals surface area (Å²) in [7, 11) is 0. The predicted molar refractivity (Wildman–Crippen MR) is 91.8 cm³/mol. The van der Waals surface area contributed by atoms with Crippen molar-refractivity contribution in [2.45, 2.75) is 19.0 Å². The third-order valence-electron chi connectivity index (χ3n) is 2.90. The van der Waals surface area contributed by atoms with Gasteiger partial charge in [-0.1, -0.05) is 47.1 Å². The lowest BCUT2D eigenvalue weighted by Gasteiger charge is -2.10. The van der Waals surface area contributed by atoms with Crippen molar-refractivity contribution in [3.8, 4) is 0 Å². The molecule has 0 aliphatic rings. The van der Waals surface area contributed by atoms with Crippen LogP contribution in [0.3, 0.4) is 0 Å². The molecule has 6 heteroatoms. The molecule has 0 spiro atoms. The molecule has 4 nitrogen and oxygen atoms in total. The molecule has 0 bridgehead atoms. The van der Waals surface area contributed by atoms with Crippen LogP contribution in [0.15, 0.2) is 42.2 Å². The molecule has 114 valence electrons. The highest BCUT2D eigenvalue weighted by atomic mass is 35.5. The van der Waals surface area contributed by atoms with Crippen LogP contribution in [0.25, 0.3) is 0 Å². The minimum absolute atomic E-state index is 0.170. The number of halogens is 1. The van der Waals surface area contributed by atoms with Crippen LogP contribution in [-0.2, 0) is 0 Å². The number of nitrogens with one attached hydrogen (secondary N) is 1. The number of carbonyl (C=O) groups excluding carboxylic acids is 1. The maximum absolute atomic E-state index is 12.4. The van der Waals surface area contributed by atoms with Gasteiger partial charge in [0.15, 0.2) is 10.9 Å². The smallest absolute Gasteiger partial charge is 0.275 e. The molecule has 0 saturated heterocycles. The third-order valence-corrected chi connectivity index (χ3v) is 4.03. The van der Waals surface area contributed by atoms with E-state index < -0.39 is 0 Å². The van der Waals surface area contributed by atoms with Gasteiger partial charge >= 0.3 is 0 Å². The Morgan fingerprint density at radius 3 is 2.91 bits per heavy atom. The molecule has 1 N–H and O–H groups in total. The molecular formula is C16H16ClN3OS. The van der Waals surface area contributed by atoms with Gasteiger partial charge in [-0.3, -0.25) is 4.79 Å². The number of carbonyl (C=O) groups is 1. The number of hydrogen-bond donors (Lipinski definition) is 1. The SMILES string of the molecule is C=CCSc1ncc(Cl)c(C(=O)Nc2ccc(C)cc2C)n1. The van der Waals surface area contributed by atoms with Crippen molar-refractivity contribution in [2.24, 2.45) is 0 Å². The quantitative estimate of drug-likeness (QED) is 0.504. The van der Waals surface area contributed by atoms with Crippen LogP contribution in [0.4, 0.5) is 5.69 Å². The predicted octanol–water partition coefficient (Wildman–Crippen LogP) is 4.28. The molecule has 1 aromatic carbocycles. The van der Waals surface area contributed by atoms with Gasteiger partial charge in [0, 0.05) is 11.4 Å². The summed E-state index contributed by atoms with van der Waals surface area (Å²) < 4.78 is 0. The van der Waals surface area contributed by atoms with E-state index in [1.165, 1.54) is 18.0 Å². The van der Waals surface area contributed by atoms with Crippen LogP contribution in [-0.4, -0.2) is 21.6 Å². The first-order valence-electron chi connectivity index (χ1n) is 6.66. The van der Waals surface area contributed by atoms with Crippen molar-refractivity contribution in [2.75, 3.05) is 11.1 Å². The summed E-state index contributed by atoms with van der Waals surface area (Å²) in [6.07, 6.45) is 3.19. The van der Waals surface area contributed by atoms with Crippen LogP contribution in [0.1, 0.15) is 21.6 Å². The van der Waals surface area contributed by atoms with Gasteiger partial charge in [-0.15, -0.1) is 6.58 Å². The molecule has 22 heavy (non-hydrogen) atoms. The zero-order valence-corrected chi connectivity index (χ0v) is 14.0. The van der Waals surface area contributed by atoms with Crippen LogP contribution in [0.2, 0.25) is 5.02 Å². The molecule has 0 radical (unpaired) electrons. The number of thioether (sulfide) groups is 1. The molecule has 0 saturated carbocycles. The van der Waals surface area contributed by atoms with E-state index >= 15 is 0 Å². The first kappa shape index (κ1) is 16.5. The van der Waals surface area contributed by atoms with Gasteiger partial charge in [-0.2, -0.15) is 0 Å². The number of nitrogens with zero attached hydrogens (tertiary/aromatic N) is 2. The van der Waals surface area contributed by atoms with E-state index in [1.807, 2.05) is 32.0 Å². The summed E-state index contributed by atoms with van der Waals surface area (Å²) in [6.45, 7) is 7.58. The molecular weight excluding hydrogens is 318 g/mol. The van der Waals surface area contributed by atoms with Gasteiger partial charge in [0.05, 0.1) is 11.2 Å². The Morgan fingerprint density at radius 1 is 1.45 bits per heavy atom. The Labute approximate surface area is 139 Å². The van der Waals surface area contributed by atoms with Gasteiger partial charge < -0.3 is 5.32 Å². The first-order chi connectivity index (χ1) is 10.5. The van der Waals surface area contributed by atoms with Crippen molar-refractivity contribution in [3.05, 3.63) is 58.9 Å². The van der Waals surface area contributed by atoms with Gasteiger partial charge in [-0.25, -0.2) is 9.97 Å². The Kier molecular flexibility index (Phi) is 5.57. The van der Waals surface area contributed by atoms with Gasteiger partial charge in [-0.05, 0) is 25.5 Å². The van der Waals surface area contributed by atoms with Gasteiger partial charge in [0.1, 0.15) is 0 Å². The topological polar surface area (TPSA) is 54.9 Å². The van der Waals surface area contributed by atoms with Crippen LogP contribution in [0, 0.1) is 13.8 Å². The fourth-order valence-electron chi connectivity index (χ4n) is 1.85. The third kappa shape index (κ3) is 4.08. The van der Waals surface area contributed by atoms with Crippen molar-refractivity contribution >= 4 is 35.0 Å². The second-order valence-corrected chi connectivity index (χ2v) is 6.12. The van der Waals surface area contributed by atoms with E-state index in [9.17, 15) is 4.79 Å². The molecule has 0 atom stereocenters. The average Bonchev–Trinajstić information content (AvgIpc) is 2.49. The summed E-state index contributed by atoms with van der Waals surface area (Å²) in [5, 5.41) is 3.56. The van der Waals surface area contributed by atoms with Crippen molar-refractivity contribution in [3.63, 3.8) is 0 Å². The normalized spacial score (nSPS) is 10.3. The standard InChI is InChI=1S/C16H16ClN3OS/c1-4-7-22-16-18-9-12(17)14(20-16)15(21)19-13-6-5-10(2)8-11(13)3/h4-6,8-9H,1,7H2,2-3H3,(H,19,21). The van der Waals surface area contributed by atoms with E-state index in [0.29, 0.717) is 10.9 Å². The number of rotatable bonds is 5. The van der Waals surface area contributed by atoms with Crippen LogP contribution < -0.4 is 5.32 Å². The Bertz CT molecular complexity index is 719. The monoisotopic (exact) mass is 333 g/mol. The minimum Gasteiger partial charge on any atom is -0.320 e. The second kappa shape index (κ2) is 7.42. The summed E-state index contributed by atoms with van der Waals surface area (Å²) in [4.78, 5) is 20.7. The number of benzene rings is 1. The summed E-state index contributed by atoms with van der Waals surface area (Å²) in [5.41, 5.74) is 3.03. The average molecular weight is 334 g/mol. The lowest BCUT2D eigenvalue weighted by molar-refractivity contribution is 0.102. The Balaban J connectivity index is 2.23. The van der Waals surface area contributed by atoms with Crippen LogP contribution in [0.5, 0.6) is 0 Å². The highest BCUT2D eigenvalue weighted by Crippen LogP contribution is 2.21. The number of anilines is 1. The molecule has 0 aliphatic carbocycles. The molecule has 0 fully saturated rings. The minimum atomic E-state index is -0.347. The Hall–Kier alpha value is -1.85. The van der Waals surface area contributed by atoms with E-state index in [2.05, 4.69) is 21.9 Å². The highest BCUT2D eigenvalue weighted by molar-refractivity contribution is 7.99. The van der Waals surface area contributed by atoms with E-state index in [-0.39, 0.29) is 16.6 Å². The molecule has 1 heterocycles. The molecule has 2 rings (SSSR count). The summed E-state index contributed by atoms with van der Waals surface area (Å²) in [6, 6.07) is 5.81. The van der Waals surface area contributed by atoms with Gasteiger partial charge in [0.2, 0.25) is 0 Å². The number of aryl methyl sites for hydroxylation is 2. The molecule has 1 amide bonds. The largest absolute Gasteiger partial charge is 0.320 e. The lowest BCUT2D eigenvalue weighted by atomic mass is 10.1. The van der Waals surface area contributed by atoms with Crippen LogP contribution >= 0.6 is 23.4 Å². The number of amides is 1. The first-order valence-corrected chi connectivity index (χ1v) is 8.02. The lowest BCUT2D eigenvalue weighted by Crippen LogP contribution is -2.16. The van der Waals surface area contributed by atoms with Crippen molar-refractivity contribution < 1.29 is 4.79 Å². The fraction of sp³-hybridized carbons (Fsp3) is 0.188. The molecule has 1 aromatic heterocycles. The van der Waals surface area contributed by atoms with E-state index in [0.717, 1.165) is 16.8 Å². The van der Waals surface area contributed by atoms with E-state index in [1.54, 1.807) is 6.08 Å². The number of hydrogen-bond acceptors (Lipinski definition) is 4. The fourth-order valence-corrected chi connectivity index (χ4v) is 2.58. The summed E-state index contributed by atoms with van der Waals surface area (Å²) in [5.74, 6) is 0.319. The van der Waals surface area contributed by atoms with Crippen molar-refractivity contribution in [1.29, 1.82) is 0 Å². The highest BCUT2D eigenvalue weighted by Gasteiger charge is 2.15. The number of aromatic nitrogens is 2. The molecule has 2 aromatic rings. The zero-order chi connectivity index (χ0) is 16.1. The van der Waals surface area contributed by atoms with Crippen molar-refractivity contribution in [1.82, 2.24) is 9.97 Å². The Morgan fingerprint density at radius 2 is 2.23 bits per heavy atom. The van der Waals surface area contributed by atoms with Gasteiger partial charge in [0.25, 0.3) is 5.91 Å². The summed E-state index contributed by atoms with van der Waals surface area (Å²) >= 11 is 7.43. The maximum Gasteiger partial charge on any atom is 0.275 e. The molecule has 0 unspecified atom stereocenters. The zero-order valence-electron chi connectivity index (χ0n) is 12.4. The molecule has 0 aliphatic heterocycles.